The van der Waals surface area contributed by atoms with Crippen molar-refractivity contribution in [1.29, 1.82) is 0 Å². The minimum atomic E-state index is -0.455. The fraction of sp³-hybridized carbons (Fsp3) is 0.333. The minimum absolute atomic E-state index is 0.0212. The lowest BCUT2D eigenvalue weighted by Crippen LogP contribution is -2.63. The van der Waals surface area contributed by atoms with Gasteiger partial charge in [0.1, 0.15) is 6.04 Å². The third-order valence-corrected chi connectivity index (χ3v) is 6.84. The molecule has 2 amide bonds. The zero-order valence-corrected chi connectivity index (χ0v) is 18.5. The Bertz CT molecular complexity index is 1120. The Balaban J connectivity index is 1.66. The van der Waals surface area contributed by atoms with E-state index in [1.807, 2.05) is 41.3 Å². The van der Waals surface area contributed by atoms with Gasteiger partial charge in [-0.2, -0.15) is 0 Å². The van der Waals surface area contributed by atoms with E-state index in [4.69, 9.17) is 0 Å². The van der Waals surface area contributed by atoms with E-state index in [1.54, 1.807) is 4.90 Å². The van der Waals surface area contributed by atoms with Crippen molar-refractivity contribution in [2.75, 3.05) is 13.1 Å². The van der Waals surface area contributed by atoms with Crippen molar-refractivity contribution in [2.45, 2.75) is 38.3 Å². The van der Waals surface area contributed by atoms with E-state index in [-0.39, 0.29) is 24.4 Å². The Hall–Kier alpha value is -2.60. The number of halogens is 1. The Kier molecular flexibility index (Phi) is 4.89. The van der Waals surface area contributed by atoms with Crippen molar-refractivity contribution < 1.29 is 9.59 Å². The molecule has 0 aliphatic carbocycles. The van der Waals surface area contributed by atoms with Gasteiger partial charge in [0.2, 0.25) is 11.8 Å². The standard InChI is InChI=1S/C24H24BrN3O2/c1-2-3-12-27-14-21(29)28-20(24(27)30)13-18-17-6-4-5-7-19(17)26-22(18)23(28)15-8-10-16(25)11-9-15/h4-11,20,23,26H,2-3,12-14H2,1H3/t20-,23+/m1/s1. The maximum Gasteiger partial charge on any atom is 0.246 e. The predicted octanol–water partition coefficient (Wildman–Crippen LogP) is 4.42. The molecule has 6 heteroatoms. The van der Waals surface area contributed by atoms with Gasteiger partial charge in [-0.1, -0.05) is 59.6 Å². The van der Waals surface area contributed by atoms with Crippen LogP contribution in [-0.4, -0.2) is 45.7 Å². The van der Waals surface area contributed by atoms with Crippen LogP contribution in [0.3, 0.4) is 0 Å². The van der Waals surface area contributed by atoms with Crippen LogP contribution in [0.1, 0.15) is 42.6 Å². The molecular weight excluding hydrogens is 442 g/mol. The number of aromatic amines is 1. The molecule has 1 fully saturated rings. The molecule has 2 aliphatic rings. The highest BCUT2D eigenvalue weighted by Crippen LogP contribution is 2.42. The van der Waals surface area contributed by atoms with Crippen molar-refractivity contribution in [3.05, 3.63) is 69.8 Å². The minimum Gasteiger partial charge on any atom is -0.356 e. The number of nitrogens with zero attached hydrogens (tertiary/aromatic N) is 2. The van der Waals surface area contributed by atoms with Crippen LogP contribution in [0, 0.1) is 0 Å². The number of amides is 2. The smallest absolute Gasteiger partial charge is 0.246 e. The first-order chi connectivity index (χ1) is 14.6. The molecule has 0 unspecified atom stereocenters. The lowest BCUT2D eigenvalue weighted by Gasteiger charge is -2.47. The predicted molar refractivity (Wildman–Crippen MR) is 120 cm³/mol. The second kappa shape index (κ2) is 7.58. The molecular formula is C24H24BrN3O2. The van der Waals surface area contributed by atoms with Crippen molar-refractivity contribution >= 4 is 38.6 Å². The number of unbranched alkanes of at least 4 members (excludes halogenated alkanes) is 1. The van der Waals surface area contributed by atoms with E-state index in [0.717, 1.165) is 45.0 Å². The lowest BCUT2D eigenvalue weighted by atomic mass is 9.86. The number of carbonyl (C=O) groups excluding carboxylic acids is 2. The zero-order valence-electron chi connectivity index (χ0n) is 16.9. The number of H-pyrrole nitrogens is 1. The molecule has 0 spiro atoms. The first kappa shape index (κ1) is 19.4. The van der Waals surface area contributed by atoms with E-state index in [1.165, 1.54) is 0 Å². The molecule has 2 atom stereocenters. The van der Waals surface area contributed by atoms with Crippen molar-refractivity contribution in [3.8, 4) is 0 Å². The van der Waals surface area contributed by atoms with Crippen LogP contribution in [0.5, 0.6) is 0 Å². The van der Waals surface area contributed by atoms with Gasteiger partial charge < -0.3 is 14.8 Å². The summed E-state index contributed by atoms with van der Waals surface area (Å²) in [5, 5.41) is 1.14. The summed E-state index contributed by atoms with van der Waals surface area (Å²) in [4.78, 5) is 33.9. The van der Waals surface area contributed by atoms with Gasteiger partial charge in [-0.3, -0.25) is 9.59 Å². The second-order valence-corrected chi connectivity index (χ2v) is 9.07. The molecule has 3 aromatic rings. The van der Waals surface area contributed by atoms with E-state index in [0.29, 0.717) is 13.0 Å². The highest BCUT2D eigenvalue weighted by molar-refractivity contribution is 9.10. The largest absolute Gasteiger partial charge is 0.356 e. The second-order valence-electron chi connectivity index (χ2n) is 8.15. The summed E-state index contributed by atoms with van der Waals surface area (Å²) in [6.07, 6.45) is 2.47. The van der Waals surface area contributed by atoms with Crippen molar-refractivity contribution in [3.63, 3.8) is 0 Å². The normalized spacial score (nSPS) is 21.1. The summed E-state index contributed by atoms with van der Waals surface area (Å²) >= 11 is 3.50. The highest BCUT2D eigenvalue weighted by Gasteiger charge is 2.47. The molecule has 5 rings (SSSR count). The van der Waals surface area contributed by atoms with Gasteiger partial charge in [0.25, 0.3) is 0 Å². The number of piperazine rings is 1. The van der Waals surface area contributed by atoms with Crippen LogP contribution in [0.4, 0.5) is 0 Å². The van der Waals surface area contributed by atoms with Gasteiger partial charge in [0.15, 0.2) is 0 Å². The number of hydrogen-bond donors (Lipinski definition) is 1. The SMILES string of the molecule is CCCCN1CC(=O)N2[C@@H](c3ccc(Br)cc3)c3[nH]c4ccccc4c3C[C@@H]2C1=O. The maximum atomic E-state index is 13.4. The monoisotopic (exact) mass is 465 g/mol. The molecule has 5 nitrogen and oxygen atoms in total. The summed E-state index contributed by atoms with van der Waals surface area (Å²) in [7, 11) is 0. The number of para-hydroxylation sites is 1. The Labute approximate surface area is 184 Å². The molecule has 0 radical (unpaired) electrons. The maximum absolute atomic E-state index is 13.4. The fourth-order valence-corrected chi connectivity index (χ4v) is 5.12. The number of benzene rings is 2. The molecule has 3 heterocycles. The van der Waals surface area contributed by atoms with E-state index >= 15 is 0 Å². The molecule has 2 aromatic carbocycles. The fourth-order valence-electron chi connectivity index (χ4n) is 4.85. The summed E-state index contributed by atoms with van der Waals surface area (Å²) in [6, 6.07) is 15.5. The summed E-state index contributed by atoms with van der Waals surface area (Å²) in [5.74, 6) is 0.0917. The van der Waals surface area contributed by atoms with Gasteiger partial charge in [0.05, 0.1) is 12.6 Å². The number of rotatable bonds is 4. The van der Waals surface area contributed by atoms with E-state index < -0.39 is 6.04 Å². The average Bonchev–Trinajstić information content (AvgIpc) is 3.13. The Morgan fingerprint density at radius 1 is 1.10 bits per heavy atom. The van der Waals surface area contributed by atoms with Gasteiger partial charge >= 0.3 is 0 Å². The molecule has 2 aliphatic heterocycles. The summed E-state index contributed by atoms with van der Waals surface area (Å²) in [5.41, 5.74) is 4.24. The molecule has 0 bridgehead atoms. The number of fused-ring (bicyclic) bond motifs is 4. The van der Waals surface area contributed by atoms with E-state index in [2.05, 4.69) is 40.0 Å². The van der Waals surface area contributed by atoms with Crippen LogP contribution in [-0.2, 0) is 16.0 Å². The Morgan fingerprint density at radius 3 is 2.63 bits per heavy atom. The van der Waals surface area contributed by atoms with Crippen LogP contribution in [0.15, 0.2) is 53.0 Å². The van der Waals surface area contributed by atoms with Crippen molar-refractivity contribution in [2.24, 2.45) is 0 Å². The zero-order chi connectivity index (χ0) is 20.8. The molecule has 1 saturated heterocycles. The number of hydrogen-bond acceptors (Lipinski definition) is 2. The van der Waals surface area contributed by atoms with Crippen molar-refractivity contribution in [1.82, 2.24) is 14.8 Å². The number of aromatic nitrogens is 1. The third kappa shape index (κ3) is 3.05. The van der Waals surface area contributed by atoms with Gasteiger partial charge in [-0.05, 0) is 35.7 Å². The molecule has 0 saturated carbocycles. The number of nitrogens with one attached hydrogen (secondary N) is 1. The topological polar surface area (TPSA) is 56.4 Å². The average molecular weight is 466 g/mol. The quantitative estimate of drug-likeness (QED) is 0.619. The van der Waals surface area contributed by atoms with Gasteiger partial charge in [-0.15, -0.1) is 0 Å². The van der Waals surface area contributed by atoms with Crippen LogP contribution in [0.2, 0.25) is 0 Å². The van der Waals surface area contributed by atoms with Gasteiger partial charge in [-0.25, -0.2) is 0 Å². The molecule has 30 heavy (non-hydrogen) atoms. The first-order valence-corrected chi connectivity index (χ1v) is 11.3. The summed E-state index contributed by atoms with van der Waals surface area (Å²) in [6.45, 7) is 2.91. The molecule has 154 valence electrons. The van der Waals surface area contributed by atoms with E-state index in [9.17, 15) is 9.59 Å². The van der Waals surface area contributed by atoms with Crippen LogP contribution in [0.25, 0.3) is 10.9 Å². The Morgan fingerprint density at radius 2 is 1.87 bits per heavy atom. The van der Waals surface area contributed by atoms with Crippen LogP contribution < -0.4 is 0 Å². The number of carbonyl (C=O) groups is 2. The first-order valence-electron chi connectivity index (χ1n) is 10.5. The summed E-state index contributed by atoms with van der Waals surface area (Å²) < 4.78 is 0.988. The molecule has 1 aromatic heterocycles. The third-order valence-electron chi connectivity index (χ3n) is 6.31. The molecule has 1 N–H and O–H groups in total. The highest BCUT2D eigenvalue weighted by atomic mass is 79.9. The van der Waals surface area contributed by atoms with Crippen LogP contribution >= 0.6 is 15.9 Å². The lowest BCUT2D eigenvalue weighted by molar-refractivity contribution is -0.158. The van der Waals surface area contributed by atoms with Gasteiger partial charge in [0, 0.05) is 34.0 Å².